The van der Waals surface area contributed by atoms with Crippen LogP contribution in [0.2, 0.25) is 0 Å². The van der Waals surface area contributed by atoms with E-state index in [-0.39, 0.29) is 27.8 Å². The molecule has 10 nitrogen and oxygen atoms in total. The molecule has 0 aliphatic rings. The van der Waals surface area contributed by atoms with Crippen LogP contribution in [0.5, 0.6) is 11.5 Å². The molecule has 39 heavy (non-hydrogen) atoms. The Morgan fingerprint density at radius 1 is 0.949 bits per heavy atom. The Kier molecular flexibility index (Phi) is 10.5. The number of ether oxygens (including phenoxy) is 3. The van der Waals surface area contributed by atoms with Crippen LogP contribution in [-0.4, -0.2) is 44.2 Å². The second-order valence-corrected chi connectivity index (χ2v) is 11.2. The molecule has 1 N–H and O–H groups in total. The number of hydrogen-bond donors (Lipinski definition) is 1. The van der Waals surface area contributed by atoms with Crippen molar-refractivity contribution in [2.75, 3.05) is 13.2 Å². The van der Waals surface area contributed by atoms with Crippen molar-refractivity contribution in [2.24, 2.45) is 5.41 Å². The van der Waals surface area contributed by atoms with Gasteiger partial charge >= 0.3 is 18.0 Å². The average Bonchev–Trinajstić information content (AvgIpc) is 2.84. The molecule has 0 unspecified atom stereocenters. The van der Waals surface area contributed by atoms with Crippen molar-refractivity contribution in [2.45, 2.75) is 32.1 Å². The maximum Gasteiger partial charge on any atom is 0.412 e. The van der Waals surface area contributed by atoms with Gasteiger partial charge in [0.25, 0.3) is 0 Å². The molecule has 0 radical (unpaired) electrons. The fraction of sp³-hybridized carbons (Fsp3) is 0.318. The Balaban J connectivity index is 2.14. The summed E-state index contributed by atoms with van der Waals surface area (Å²) in [5.41, 5.74) is -1.17. The summed E-state index contributed by atoms with van der Waals surface area (Å²) in [6.07, 6.45) is -0.441. The minimum Gasteiger partial charge on any atom is -0.744 e. The van der Waals surface area contributed by atoms with Crippen molar-refractivity contribution in [1.29, 1.82) is 0 Å². The molecular formula is C22H18Br2F4NO9S-. The number of rotatable bonds is 9. The van der Waals surface area contributed by atoms with Crippen LogP contribution in [0, 0.1) is 28.7 Å². The molecule has 2 aromatic rings. The third-order valence-electron chi connectivity index (χ3n) is 5.10. The van der Waals surface area contributed by atoms with E-state index in [0.29, 0.717) is 6.42 Å². The molecule has 214 valence electrons. The summed E-state index contributed by atoms with van der Waals surface area (Å²) in [5.74, 6) is -14.2. The van der Waals surface area contributed by atoms with Gasteiger partial charge in [0, 0.05) is 0 Å². The van der Waals surface area contributed by atoms with Crippen LogP contribution < -0.4 is 14.8 Å². The van der Waals surface area contributed by atoms with Gasteiger partial charge < -0.3 is 24.1 Å². The zero-order valence-corrected chi connectivity index (χ0v) is 24.1. The van der Waals surface area contributed by atoms with Crippen LogP contribution in [-0.2, 0) is 19.6 Å². The third-order valence-corrected chi connectivity index (χ3v) is 7.13. The van der Waals surface area contributed by atoms with Crippen molar-refractivity contribution in [3.8, 4) is 11.5 Å². The normalized spacial score (nSPS) is 11.6. The van der Waals surface area contributed by atoms with Crippen molar-refractivity contribution in [3.63, 3.8) is 0 Å². The summed E-state index contributed by atoms with van der Waals surface area (Å²) >= 11 is 6.03. The Morgan fingerprint density at radius 2 is 1.46 bits per heavy atom. The first-order valence-electron chi connectivity index (χ1n) is 10.6. The fourth-order valence-electron chi connectivity index (χ4n) is 2.59. The molecule has 0 spiro atoms. The van der Waals surface area contributed by atoms with E-state index < -0.39 is 73.0 Å². The van der Waals surface area contributed by atoms with E-state index >= 15 is 0 Å². The second-order valence-electron chi connectivity index (χ2n) is 8.22. The van der Waals surface area contributed by atoms with Crippen LogP contribution in [0.25, 0.3) is 0 Å². The number of esters is 2. The molecule has 2 aromatic carbocycles. The molecule has 0 aromatic heterocycles. The van der Waals surface area contributed by atoms with Gasteiger partial charge in [-0.2, -0.15) is 8.78 Å². The number of halogens is 6. The molecule has 2 rings (SSSR count). The van der Waals surface area contributed by atoms with Crippen LogP contribution >= 0.6 is 31.9 Å². The summed E-state index contributed by atoms with van der Waals surface area (Å²) in [6, 6.07) is 1.92. The lowest BCUT2D eigenvalue weighted by atomic mass is 9.91. The number of benzene rings is 2. The van der Waals surface area contributed by atoms with E-state index in [9.17, 15) is 44.9 Å². The topological polar surface area (TPSA) is 148 Å². The maximum atomic E-state index is 14.2. The van der Waals surface area contributed by atoms with E-state index in [1.807, 2.05) is 6.92 Å². The van der Waals surface area contributed by atoms with Crippen molar-refractivity contribution < 1.29 is 59.1 Å². The summed E-state index contributed by atoms with van der Waals surface area (Å²) in [5, 5.41) is 2.33. The molecule has 0 aliphatic carbocycles. The lowest BCUT2D eigenvalue weighted by Gasteiger charge is -2.20. The Hall–Kier alpha value is -2.76. The first kappa shape index (κ1) is 32.5. The summed E-state index contributed by atoms with van der Waals surface area (Å²) in [6.45, 7) is 4.98. The van der Waals surface area contributed by atoms with Gasteiger partial charge in [-0.3, -0.25) is 4.79 Å². The molecule has 0 saturated heterocycles. The smallest absolute Gasteiger partial charge is 0.412 e. The maximum absolute atomic E-state index is 14.2. The lowest BCUT2D eigenvalue weighted by molar-refractivity contribution is -0.153. The van der Waals surface area contributed by atoms with E-state index in [1.54, 1.807) is 13.8 Å². The number of nitrogens with one attached hydrogen (secondary N) is 1. The average molecular weight is 708 g/mol. The third kappa shape index (κ3) is 7.67. The second kappa shape index (κ2) is 12.6. The van der Waals surface area contributed by atoms with E-state index in [2.05, 4.69) is 41.9 Å². The standard InChI is InChI=1S/C22H19Br2F4NO9S/c1-4-22(2,3)20(31)36-6-5-29-21(32)38-16-10(23)7-9(8-11(16)24)19(30)37-17-12(25)14(27)18(39(33,34)35)15(28)13(17)26/h7-8H,4-6H2,1-3H3,(H,29,32)(H,33,34,35)/p-1. The SMILES string of the molecule is CCC(C)(C)C(=O)OCCNC(=O)Oc1c(Br)cc(C(=O)Oc2c(F)c(F)c(S(=O)(=O)[O-])c(F)c2F)cc1Br. The first-order chi connectivity index (χ1) is 17.9. The summed E-state index contributed by atoms with van der Waals surface area (Å²) < 4.78 is 103. The van der Waals surface area contributed by atoms with Gasteiger partial charge in [-0.05, 0) is 64.3 Å². The van der Waals surface area contributed by atoms with Crippen LogP contribution in [0.3, 0.4) is 0 Å². The predicted octanol–water partition coefficient (Wildman–Crippen LogP) is 4.96. The van der Waals surface area contributed by atoms with Gasteiger partial charge in [-0.15, -0.1) is 0 Å². The Bertz CT molecular complexity index is 1380. The summed E-state index contributed by atoms with van der Waals surface area (Å²) in [4.78, 5) is 34.0. The number of hydrogen-bond acceptors (Lipinski definition) is 9. The minimum atomic E-state index is -5.95. The van der Waals surface area contributed by atoms with Crippen molar-refractivity contribution >= 4 is 60.0 Å². The largest absolute Gasteiger partial charge is 0.744 e. The predicted molar refractivity (Wildman–Crippen MR) is 130 cm³/mol. The van der Waals surface area contributed by atoms with E-state index in [1.165, 1.54) is 0 Å². The van der Waals surface area contributed by atoms with E-state index in [4.69, 9.17) is 9.47 Å². The lowest BCUT2D eigenvalue weighted by Crippen LogP contribution is -2.33. The molecule has 0 bridgehead atoms. The highest BCUT2D eigenvalue weighted by atomic mass is 79.9. The van der Waals surface area contributed by atoms with Crippen LogP contribution in [0.4, 0.5) is 22.4 Å². The van der Waals surface area contributed by atoms with Crippen LogP contribution in [0.1, 0.15) is 37.6 Å². The van der Waals surface area contributed by atoms with Crippen molar-refractivity contribution in [1.82, 2.24) is 5.32 Å². The molecule has 1 amide bonds. The van der Waals surface area contributed by atoms with E-state index in [0.717, 1.165) is 12.1 Å². The number of amides is 1. The molecule has 0 saturated carbocycles. The molecule has 0 aliphatic heterocycles. The Labute approximate surface area is 236 Å². The van der Waals surface area contributed by atoms with Gasteiger partial charge in [-0.1, -0.05) is 6.92 Å². The van der Waals surface area contributed by atoms with Gasteiger partial charge in [0.2, 0.25) is 17.4 Å². The zero-order valence-electron chi connectivity index (χ0n) is 20.1. The quantitative estimate of drug-likeness (QED) is 0.0954. The highest BCUT2D eigenvalue weighted by Crippen LogP contribution is 2.36. The van der Waals surface area contributed by atoms with Crippen LogP contribution in [0.15, 0.2) is 26.0 Å². The monoisotopic (exact) mass is 706 g/mol. The molecular weight excluding hydrogens is 690 g/mol. The zero-order chi connectivity index (χ0) is 29.9. The highest BCUT2D eigenvalue weighted by molar-refractivity contribution is 9.11. The van der Waals surface area contributed by atoms with Gasteiger partial charge in [0.05, 0.1) is 26.5 Å². The number of carbonyl (C=O) groups excluding carboxylic acids is 3. The molecule has 0 fully saturated rings. The van der Waals surface area contributed by atoms with Gasteiger partial charge in [-0.25, -0.2) is 26.8 Å². The Morgan fingerprint density at radius 3 is 1.92 bits per heavy atom. The fourth-order valence-corrected chi connectivity index (χ4v) is 4.56. The highest BCUT2D eigenvalue weighted by Gasteiger charge is 2.32. The summed E-state index contributed by atoms with van der Waals surface area (Å²) in [7, 11) is -5.95. The number of carbonyl (C=O) groups is 3. The molecule has 0 atom stereocenters. The van der Waals surface area contributed by atoms with Gasteiger partial charge in [0.1, 0.15) is 21.6 Å². The van der Waals surface area contributed by atoms with Gasteiger partial charge in [0.15, 0.2) is 17.4 Å². The molecule has 17 heteroatoms. The first-order valence-corrected chi connectivity index (χ1v) is 13.6. The van der Waals surface area contributed by atoms with Crippen molar-refractivity contribution in [3.05, 3.63) is 49.9 Å². The minimum absolute atomic E-state index is 0.0683. The molecule has 0 heterocycles.